The highest BCUT2D eigenvalue weighted by Crippen LogP contribution is 2.22. The monoisotopic (exact) mass is 334 g/mol. The second kappa shape index (κ2) is 11.9. The summed E-state index contributed by atoms with van der Waals surface area (Å²) in [5, 5.41) is 0. The van der Waals surface area contributed by atoms with Crippen molar-refractivity contribution in [3.8, 4) is 0 Å². The maximum atomic E-state index is 5.39. The fourth-order valence-electron chi connectivity index (χ4n) is 3.21. The van der Waals surface area contributed by atoms with Gasteiger partial charge in [0.15, 0.2) is 0 Å². The molecule has 1 saturated heterocycles. The molecule has 0 spiro atoms. The number of ether oxygens (including phenoxy) is 1. The lowest BCUT2D eigenvalue weighted by molar-refractivity contribution is 0.000267. The quantitative estimate of drug-likeness (QED) is 0.421. The third kappa shape index (κ3) is 10.3. The summed E-state index contributed by atoms with van der Waals surface area (Å²) in [4.78, 5) is 0. The molecule has 4 atom stereocenters. The van der Waals surface area contributed by atoms with Gasteiger partial charge >= 0.3 is 0 Å². The van der Waals surface area contributed by atoms with E-state index in [0.717, 1.165) is 24.4 Å². The highest BCUT2D eigenvalue weighted by atomic mass is 16.5. The van der Waals surface area contributed by atoms with Crippen LogP contribution in [0.2, 0.25) is 0 Å². The summed E-state index contributed by atoms with van der Waals surface area (Å²) in [6.45, 7) is 14.5. The van der Waals surface area contributed by atoms with Crippen LogP contribution < -0.4 is 0 Å². The van der Waals surface area contributed by atoms with Crippen molar-refractivity contribution in [1.82, 2.24) is 0 Å². The number of hydrogen-bond donors (Lipinski definition) is 0. The molecular formula is C23H42O. The number of hydrogen-bond acceptors (Lipinski definition) is 1. The molecule has 1 fully saturated rings. The van der Waals surface area contributed by atoms with E-state index in [1.165, 1.54) is 51.4 Å². The van der Waals surface area contributed by atoms with Crippen molar-refractivity contribution in [2.75, 3.05) is 6.61 Å². The fourth-order valence-corrected chi connectivity index (χ4v) is 3.21. The van der Waals surface area contributed by atoms with Crippen LogP contribution in [-0.2, 0) is 4.74 Å². The zero-order chi connectivity index (χ0) is 17.9. The zero-order valence-corrected chi connectivity index (χ0v) is 17.2. The summed E-state index contributed by atoms with van der Waals surface area (Å²) >= 11 is 0. The minimum Gasteiger partial charge on any atom is -0.378 e. The Morgan fingerprint density at radius 1 is 0.708 bits per heavy atom. The molecule has 2 aliphatic carbocycles. The van der Waals surface area contributed by atoms with Crippen LogP contribution in [0.3, 0.4) is 0 Å². The molecule has 0 bridgehead atoms. The zero-order valence-electron chi connectivity index (χ0n) is 17.2. The highest BCUT2D eigenvalue weighted by molar-refractivity contribution is 5.02. The van der Waals surface area contributed by atoms with Gasteiger partial charge in [0, 0.05) is 6.61 Å². The van der Waals surface area contributed by atoms with Gasteiger partial charge in [-0.15, -0.1) is 0 Å². The van der Waals surface area contributed by atoms with Gasteiger partial charge < -0.3 is 4.74 Å². The van der Waals surface area contributed by atoms with Gasteiger partial charge in [-0.2, -0.15) is 0 Å². The molecule has 4 unspecified atom stereocenters. The minimum atomic E-state index is 0.520. The molecule has 0 aromatic heterocycles. The van der Waals surface area contributed by atoms with Gasteiger partial charge in [0.05, 0.1) is 6.10 Å². The van der Waals surface area contributed by atoms with Gasteiger partial charge in [-0.05, 0) is 89.9 Å². The Hall–Kier alpha value is -0.560. The van der Waals surface area contributed by atoms with E-state index in [-0.39, 0.29) is 0 Å². The van der Waals surface area contributed by atoms with Gasteiger partial charge in [0.1, 0.15) is 0 Å². The molecule has 140 valence electrons. The Labute approximate surface area is 151 Å². The normalized spacial score (nSPS) is 33.1. The lowest BCUT2D eigenvalue weighted by Gasteiger charge is -2.23. The number of rotatable bonds is 0. The van der Waals surface area contributed by atoms with Crippen LogP contribution in [0.5, 0.6) is 0 Å². The van der Waals surface area contributed by atoms with E-state index in [1.54, 1.807) is 11.1 Å². The minimum absolute atomic E-state index is 0.520. The maximum absolute atomic E-state index is 5.39. The summed E-state index contributed by atoms with van der Waals surface area (Å²) in [7, 11) is 0. The van der Waals surface area contributed by atoms with Crippen molar-refractivity contribution in [3.05, 3.63) is 23.3 Å². The van der Waals surface area contributed by atoms with Crippen molar-refractivity contribution in [2.24, 2.45) is 17.8 Å². The first kappa shape index (κ1) is 21.5. The Balaban J connectivity index is 0.000000180. The van der Waals surface area contributed by atoms with E-state index in [1.807, 2.05) is 0 Å². The Morgan fingerprint density at radius 3 is 1.46 bits per heavy atom. The molecule has 1 heterocycles. The van der Waals surface area contributed by atoms with E-state index in [0.29, 0.717) is 6.10 Å². The van der Waals surface area contributed by atoms with E-state index < -0.39 is 0 Å². The SMILES string of the molecule is CC1=CCC(C)CC1.CC1=CCC(C)CC1.CC1CCC(C)OC1. The summed E-state index contributed by atoms with van der Waals surface area (Å²) in [5.74, 6) is 2.68. The molecule has 24 heavy (non-hydrogen) atoms. The lowest BCUT2D eigenvalue weighted by Crippen LogP contribution is -2.21. The Morgan fingerprint density at radius 2 is 1.21 bits per heavy atom. The predicted octanol–water partition coefficient (Wildman–Crippen LogP) is 7.33. The average molecular weight is 335 g/mol. The molecule has 0 saturated carbocycles. The van der Waals surface area contributed by atoms with Crippen molar-refractivity contribution in [3.63, 3.8) is 0 Å². The summed E-state index contributed by atoms with van der Waals surface area (Å²) in [5.41, 5.74) is 3.17. The first-order valence-corrected chi connectivity index (χ1v) is 10.3. The van der Waals surface area contributed by atoms with E-state index in [4.69, 9.17) is 4.74 Å². The van der Waals surface area contributed by atoms with Crippen LogP contribution >= 0.6 is 0 Å². The third-order valence-corrected chi connectivity index (χ3v) is 5.53. The van der Waals surface area contributed by atoms with Crippen LogP contribution in [0.1, 0.15) is 92.9 Å². The van der Waals surface area contributed by atoms with Crippen LogP contribution in [0.4, 0.5) is 0 Å². The van der Waals surface area contributed by atoms with Crippen molar-refractivity contribution >= 4 is 0 Å². The van der Waals surface area contributed by atoms with Gasteiger partial charge in [0.25, 0.3) is 0 Å². The standard InChI is InChI=1S/2C8H14.C7H14O/c2*1-7-3-5-8(2)6-4-7;1-6-3-4-7(2)8-5-6/h2*3,8H,4-6H2,1-2H3;6-7H,3-5H2,1-2H3. The maximum Gasteiger partial charge on any atom is 0.0547 e. The molecule has 0 aromatic carbocycles. The Kier molecular flexibility index (Phi) is 10.7. The second-order valence-electron chi connectivity index (χ2n) is 8.69. The van der Waals surface area contributed by atoms with Crippen LogP contribution in [-0.4, -0.2) is 12.7 Å². The van der Waals surface area contributed by atoms with Crippen LogP contribution in [0.25, 0.3) is 0 Å². The predicted molar refractivity (Wildman–Crippen MR) is 107 cm³/mol. The Bertz CT molecular complexity index is 347. The second-order valence-corrected chi connectivity index (χ2v) is 8.69. The van der Waals surface area contributed by atoms with Crippen molar-refractivity contribution < 1.29 is 4.74 Å². The van der Waals surface area contributed by atoms with Crippen molar-refractivity contribution in [2.45, 2.75) is 99.0 Å². The van der Waals surface area contributed by atoms with E-state index >= 15 is 0 Å². The summed E-state index contributed by atoms with van der Waals surface area (Å²) in [6.07, 6.45) is 16.0. The van der Waals surface area contributed by atoms with Crippen LogP contribution in [0, 0.1) is 17.8 Å². The number of allylic oxidation sites excluding steroid dienone is 4. The largest absolute Gasteiger partial charge is 0.378 e. The average Bonchev–Trinajstić information content (AvgIpc) is 2.57. The molecular weight excluding hydrogens is 292 g/mol. The van der Waals surface area contributed by atoms with E-state index in [2.05, 4.69) is 53.7 Å². The molecule has 3 rings (SSSR count). The van der Waals surface area contributed by atoms with Crippen molar-refractivity contribution in [1.29, 1.82) is 0 Å². The molecule has 0 radical (unpaired) electrons. The van der Waals surface area contributed by atoms with E-state index in [9.17, 15) is 0 Å². The molecule has 0 aromatic rings. The van der Waals surface area contributed by atoms with Gasteiger partial charge in [0.2, 0.25) is 0 Å². The molecule has 3 aliphatic rings. The molecule has 0 amide bonds. The highest BCUT2D eigenvalue weighted by Gasteiger charge is 2.13. The third-order valence-electron chi connectivity index (χ3n) is 5.53. The van der Waals surface area contributed by atoms with Crippen LogP contribution in [0.15, 0.2) is 23.3 Å². The fraction of sp³-hybridized carbons (Fsp3) is 0.826. The lowest BCUT2D eigenvalue weighted by atomic mass is 9.92. The van der Waals surface area contributed by atoms with Gasteiger partial charge in [-0.1, -0.05) is 44.1 Å². The molecule has 1 nitrogen and oxygen atoms in total. The summed E-state index contributed by atoms with van der Waals surface area (Å²) < 4.78 is 5.39. The first-order chi connectivity index (χ1) is 11.4. The topological polar surface area (TPSA) is 9.23 Å². The first-order valence-electron chi connectivity index (χ1n) is 10.3. The summed E-state index contributed by atoms with van der Waals surface area (Å²) in [6, 6.07) is 0. The molecule has 0 N–H and O–H groups in total. The van der Waals surface area contributed by atoms with Gasteiger partial charge in [-0.25, -0.2) is 0 Å². The molecule has 1 heteroatoms. The van der Waals surface area contributed by atoms with Gasteiger partial charge in [-0.3, -0.25) is 0 Å². The molecule has 1 aliphatic heterocycles. The smallest absolute Gasteiger partial charge is 0.0547 e.